The van der Waals surface area contributed by atoms with Gasteiger partial charge in [0.2, 0.25) is 17.7 Å². The van der Waals surface area contributed by atoms with E-state index in [-0.39, 0.29) is 31.8 Å². The SMILES string of the molecule is NCc1ccccc1CN(CC(=O)Nc1ccc2c(c1)CC1(C2)C(=O)Nc2ncccc21)C(=O)C1(C(F)(F)F)CC1. The molecule has 1 unspecified atom stereocenters. The van der Waals surface area contributed by atoms with Crippen LogP contribution in [0, 0.1) is 5.41 Å². The van der Waals surface area contributed by atoms with E-state index < -0.39 is 35.4 Å². The first-order valence-electron chi connectivity index (χ1n) is 13.4. The molecule has 3 aromatic rings. The van der Waals surface area contributed by atoms with Crippen LogP contribution < -0.4 is 16.4 Å². The van der Waals surface area contributed by atoms with Gasteiger partial charge < -0.3 is 21.3 Å². The van der Waals surface area contributed by atoms with Crippen molar-refractivity contribution >= 4 is 29.2 Å². The summed E-state index contributed by atoms with van der Waals surface area (Å²) in [5.41, 5.74) is 6.95. The Labute approximate surface area is 234 Å². The van der Waals surface area contributed by atoms with E-state index in [0.29, 0.717) is 35.5 Å². The smallest absolute Gasteiger partial charge is 0.328 e. The monoisotopic (exact) mass is 563 g/mol. The highest BCUT2D eigenvalue weighted by atomic mass is 19.4. The van der Waals surface area contributed by atoms with Crippen LogP contribution >= 0.6 is 0 Å². The minimum absolute atomic E-state index is 0.126. The molecule has 1 aliphatic heterocycles. The molecule has 6 rings (SSSR count). The van der Waals surface area contributed by atoms with Gasteiger partial charge in [-0.15, -0.1) is 0 Å². The average molecular weight is 564 g/mol. The molecule has 2 aromatic carbocycles. The number of fused-ring (bicyclic) bond motifs is 3. The molecule has 11 heteroatoms. The maximum atomic E-state index is 13.8. The third kappa shape index (κ3) is 4.54. The summed E-state index contributed by atoms with van der Waals surface area (Å²) in [6, 6.07) is 15.9. The van der Waals surface area contributed by atoms with Gasteiger partial charge in [-0.25, -0.2) is 4.98 Å². The Morgan fingerprint density at radius 3 is 2.46 bits per heavy atom. The summed E-state index contributed by atoms with van der Waals surface area (Å²) >= 11 is 0. The number of nitrogens with two attached hydrogens (primary N) is 1. The first-order valence-corrected chi connectivity index (χ1v) is 13.4. The Kier molecular flexibility index (Phi) is 6.37. The van der Waals surface area contributed by atoms with Crippen molar-refractivity contribution in [2.75, 3.05) is 17.2 Å². The van der Waals surface area contributed by atoms with Gasteiger partial charge in [-0.3, -0.25) is 14.4 Å². The molecule has 3 aliphatic rings. The summed E-state index contributed by atoms with van der Waals surface area (Å²) in [7, 11) is 0. The van der Waals surface area contributed by atoms with E-state index in [1.807, 2.05) is 12.1 Å². The van der Waals surface area contributed by atoms with Crippen LogP contribution in [0.2, 0.25) is 0 Å². The van der Waals surface area contributed by atoms with Crippen LogP contribution in [0.4, 0.5) is 24.7 Å². The molecule has 41 heavy (non-hydrogen) atoms. The second kappa shape index (κ2) is 9.69. The Hall–Kier alpha value is -4.25. The van der Waals surface area contributed by atoms with E-state index in [9.17, 15) is 27.6 Å². The highest BCUT2D eigenvalue weighted by Gasteiger charge is 2.69. The van der Waals surface area contributed by atoms with Gasteiger partial charge >= 0.3 is 6.18 Å². The molecule has 8 nitrogen and oxygen atoms in total. The van der Waals surface area contributed by atoms with E-state index in [0.717, 1.165) is 21.6 Å². The zero-order valence-corrected chi connectivity index (χ0v) is 22.1. The molecule has 2 aliphatic carbocycles. The Morgan fingerprint density at radius 2 is 1.76 bits per heavy atom. The van der Waals surface area contributed by atoms with Crippen LogP contribution in [0.3, 0.4) is 0 Å². The van der Waals surface area contributed by atoms with Gasteiger partial charge in [0.25, 0.3) is 0 Å². The van der Waals surface area contributed by atoms with Crippen molar-refractivity contribution in [3.63, 3.8) is 0 Å². The molecule has 212 valence electrons. The lowest BCUT2D eigenvalue weighted by Gasteiger charge is -2.29. The van der Waals surface area contributed by atoms with Gasteiger partial charge in [-0.2, -0.15) is 13.2 Å². The predicted octanol–water partition coefficient (Wildman–Crippen LogP) is 3.84. The third-order valence-electron chi connectivity index (χ3n) is 8.49. The number of carbonyl (C=O) groups excluding carboxylic acids is 3. The van der Waals surface area contributed by atoms with Crippen LogP contribution in [0.5, 0.6) is 0 Å². The van der Waals surface area contributed by atoms with Gasteiger partial charge in [-0.05, 0) is 66.1 Å². The molecule has 0 radical (unpaired) electrons. The van der Waals surface area contributed by atoms with E-state index in [4.69, 9.17) is 5.73 Å². The van der Waals surface area contributed by atoms with E-state index in [1.165, 1.54) is 0 Å². The quantitative estimate of drug-likeness (QED) is 0.404. The summed E-state index contributed by atoms with van der Waals surface area (Å²) in [6.07, 6.45) is -2.77. The van der Waals surface area contributed by atoms with Gasteiger partial charge in [0.1, 0.15) is 17.8 Å². The summed E-state index contributed by atoms with van der Waals surface area (Å²) in [6.45, 7) is -0.589. The van der Waals surface area contributed by atoms with Crippen molar-refractivity contribution in [1.82, 2.24) is 9.88 Å². The van der Waals surface area contributed by atoms with Gasteiger partial charge in [0, 0.05) is 30.5 Å². The first-order chi connectivity index (χ1) is 19.6. The normalized spacial score (nSPS) is 19.9. The van der Waals surface area contributed by atoms with E-state index in [2.05, 4.69) is 15.6 Å². The molecule has 1 aromatic heterocycles. The number of halogens is 3. The first kappa shape index (κ1) is 26.9. The van der Waals surface area contributed by atoms with Crippen molar-refractivity contribution in [2.24, 2.45) is 11.1 Å². The summed E-state index contributed by atoms with van der Waals surface area (Å²) in [5, 5.41) is 5.59. The minimum atomic E-state index is -4.71. The number of hydrogen-bond donors (Lipinski definition) is 3. The molecule has 2 heterocycles. The molecular formula is C30H28F3N5O3. The number of carbonyl (C=O) groups is 3. The van der Waals surface area contributed by atoms with Crippen molar-refractivity contribution in [1.29, 1.82) is 0 Å². The average Bonchev–Trinajstić information content (AvgIpc) is 3.62. The van der Waals surface area contributed by atoms with E-state index >= 15 is 0 Å². The molecule has 1 fully saturated rings. The summed E-state index contributed by atoms with van der Waals surface area (Å²) < 4.78 is 41.5. The fourth-order valence-electron chi connectivity index (χ4n) is 6.08. The Balaban J connectivity index is 1.21. The number of aromatic nitrogens is 1. The molecule has 0 saturated heterocycles. The lowest BCUT2D eigenvalue weighted by Crippen LogP contribution is -2.46. The Morgan fingerprint density at radius 1 is 1.02 bits per heavy atom. The van der Waals surface area contributed by atoms with Crippen molar-refractivity contribution in [3.8, 4) is 0 Å². The predicted molar refractivity (Wildman–Crippen MR) is 144 cm³/mol. The lowest BCUT2D eigenvalue weighted by molar-refractivity contribution is -0.199. The molecule has 3 amide bonds. The maximum absolute atomic E-state index is 13.8. The highest BCUT2D eigenvalue weighted by Crippen LogP contribution is 2.58. The van der Waals surface area contributed by atoms with Crippen LogP contribution in [-0.2, 0) is 45.7 Å². The molecule has 4 N–H and O–H groups in total. The van der Waals surface area contributed by atoms with Crippen LogP contribution in [-0.4, -0.2) is 40.3 Å². The topological polar surface area (TPSA) is 117 Å². The van der Waals surface area contributed by atoms with E-state index in [1.54, 1.807) is 48.7 Å². The summed E-state index contributed by atoms with van der Waals surface area (Å²) in [4.78, 5) is 44.6. The van der Waals surface area contributed by atoms with Gasteiger partial charge in [0.15, 0.2) is 0 Å². The van der Waals surface area contributed by atoms with Crippen molar-refractivity contribution in [3.05, 3.63) is 88.6 Å². The van der Waals surface area contributed by atoms with Crippen LogP contribution in [0.25, 0.3) is 0 Å². The number of nitrogens with zero attached hydrogens (tertiary/aromatic N) is 2. The number of nitrogens with one attached hydrogen (secondary N) is 2. The van der Waals surface area contributed by atoms with Crippen LogP contribution in [0.1, 0.15) is 40.7 Å². The highest BCUT2D eigenvalue weighted by molar-refractivity contribution is 6.06. The zero-order chi connectivity index (χ0) is 29.0. The maximum Gasteiger partial charge on any atom is 0.403 e. The number of anilines is 2. The second-order valence-corrected chi connectivity index (χ2v) is 11.0. The fraction of sp³-hybridized carbons (Fsp3) is 0.333. The minimum Gasteiger partial charge on any atom is -0.328 e. The molecule has 0 bridgehead atoms. The largest absolute Gasteiger partial charge is 0.403 e. The number of amides is 3. The zero-order valence-electron chi connectivity index (χ0n) is 22.1. The van der Waals surface area contributed by atoms with Crippen molar-refractivity contribution < 1.29 is 27.6 Å². The number of hydrogen-bond acceptors (Lipinski definition) is 5. The standard InChI is InChI=1S/C30H28F3N5O3/c31-30(32,33)29(9-10-29)27(41)38(16-20-5-2-1-4-19(20)15-34)17-24(39)36-22-8-7-18-13-28(14-21(18)12-22)23-6-3-11-35-25(23)37-26(28)40/h1-8,11-12H,9-10,13-17,34H2,(H,36,39)(H,35,37,40). The number of rotatable bonds is 7. The second-order valence-electron chi connectivity index (χ2n) is 11.0. The lowest BCUT2D eigenvalue weighted by atomic mass is 9.79. The molecule has 1 spiro atoms. The number of pyridine rings is 1. The van der Waals surface area contributed by atoms with Crippen molar-refractivity contribution in [2.45, 2.75) is 50.4 Å². The molecule has 1 atom stereocenters. The summed E-state index contributed by atoms with van der Waals surface area (Å²) in [5.74, 6) is -1.31. The fourth-order valence-corrected chi connectivity index (χ4v) is 6.08. The van der Waals surface area contributed by atoms with Gasteiger partial charge in [-0.1, -0.05) is 36.4 Å². The van der Waals surface area contributed by atoms with Gasteiger partial charge in [0.05, 0.1) is 5.41 Å². The molecule has 1 saturated carbocycles. The Bertz CT molecular complexity index is 1570. The van der Waals surface area contributed by atoms with Crippen LogP contribution in [0.15, 0.2) is 60.8 Å². The number of benzene rings is 2. The number of alkyl halides is 3. The molecular weight excluding hydrogens is 535 g/mol. The third-order valence-corrected chi connectivity index (χ3v) is 8.49.